The summed E-state index contributed by atoms with van der Waals surface area (Å²) in [5.74, 6) is 0.0507. The van der Waals surface area contributed by atoms with Crippen LogP contribution in [0.15, 0.2) is 41.1 Å². The number of nitrogens with zero attached hydrogens (tertiary/aromatic N) is 3. The molecule has 0 amide bonds. The summed E-state index contributed by atoms with van der Waals surface area (Å²) in [6, 6.07) is 6.08. The van der Waals surface area contributed by atoms with Gasteiger partial charge in [-0.1, -0.05) is 0 Å². The molecule has 0 bridgehead atoms. The van der Waals surface area contributed by atoms with E-state index in [0.717, 1.165) is 10.0 Å². The molecule has 18 heavy (non-hydrogen) atoms. The van der Waals surface area contributed by atoms with Crippen LogP contribution in [0, 0.1) is 5.82 Å². The summed E-state index contributed by atoms with van der Waals surface area (Å²) < 4.78 is 15.3. The number of anilines is 1. The Morgan fingerprint density at radius 3 is 2.67 bits per heavy atom. The standard InChI is InChI=1S/C12H8BrFN4/c13-9-10(7-1-3-8(14)4-2-7)17-12(15)18-6-5-16-11(9)18/h1-6H,(H2,15,17). The zero-order valence-corrected chi connectivity index (χ0v) is 10.7. The summed E-state index contributed by atoms with van der Waals surface area (Å²) in [5, 5.41) is 0. The van der Waals surface area contributed by atoms with Crippen molar-refractivity contribution < 1.29 is 4.39 Å². The topological polar surface area (TPSA) is 56.2 Å². The fourth-order valence-electron chi connectivity index (χ4n) is 1.77. The van der Waals surface area contributed by atoms with Crippen LogP contribution < -0.4 is 5.73 Å². The molecule has 0 saturated heterocycles. The second-order valence-electron chi connectivity index (χ2n) is 3.76. The zero-order chi connectivity index (χ0) is 12.7. The van der Waals surface area contributed by atoms with E-state index in [9.17, 15) is 4.39 Å². The van der Waals surface area contributed by atoms with Gasteiger partial charge in [0.1, 0.15) is 5.82 Å². The first-order valence-corrected chi connectivity index (χ1v) is 6.00. The van der Waals surface area contributed by atoms with Crippen molar-refractivity contribution in [2.75, 3.05) is 5.73 Å². The Morgan fingerprint density at radius 1 is 1.22 bits per heavy atom. The van der Waals surface area contributed by atoms with Crippen LogP contribution in [0.1, 0.15) is 0 Å². The second kappa shape index (κ2) is 4.06. The van der Waals surface area contributed by atoms with Gasteiger partial charge in [0.25, 0.3) is 0 Å². The van der Waals surface area contributed by atoms with Crippen LogP contribution in [0.3, 0.4) is 0 Å². The van der Waals surface area contributed by atoms with Crippen molar-refractivity contribution in [3.8, 4) is 11.3 Å². The molecular formula is C12H8BrFN4. The Hall–Kier alpha value is -1.95. The van der Waals surface area contributed by atoms with Gasteiger partial charge >= 0.3 is 0 Å². The Labute approximate surface area is 110 Å². The summed E-state index contributed by atoms with van der Waals surface area (Å²) in [4.78, 5) is 8.51. The lowest BCUT2D eigenvalue weighted by molar-refractivity contribution is 0.628. The van der Waals surface area contributed by atoms with Crippen LogP contribution in [0.5, 0.6) is 0 Å². The zero-order valence-electron chi connectivity index (χ0n) is 9.14. The highest BCUT2D eigenvalue weighted by Gasteiger charge is 2.12. The molecule has 0 aliphatic carbocycles. The minimum Gasteiger partial charge on any atom is -0.369 e. The lowest BCUT2D eigenvalue weighted by atomic mass is 10.1. The molecule has 0 aliphatic rings. The van der Waals surface area contributed by atoms with Gasteiger partial charge in [-0.2, -0.15) is 0 Å². The van der Waals surface area contributed by atoms with Crippen LogP contribution >= 0.6 is 15.9 Å². The molecule has 0 saturated carbocycles. The van der Waals surface area contributed by atoms with E-state index in [4.69, 9.17) is 5.73 Å². The van der Waals surface area contributed by atoms with E-state index in [1.54, 1.807) is 28.9 Å². The molecule has 90 valence electrons. The number of hydrogen-bond acceptors (Lipinski definition) is 3. The van der Waals surface area contributed by atoms with E-state index < -0.39 is 0 Å². The average molecular weight is 307 g/mol. The summed E-state index contributed by atoms with van der Waals surface area (Å²) in [5.41, 5.74) is 7.96. The van der Waals surface area contributed by atoms with Gasteiger partial charge in [0.05, 0.1) is 10.2 Å². The van der Waals surface area contributed by atoms with Crippen molar-refractivity contribution in [3.05, 3.63) is 46.9 Å². The molecule has 3 aromatic rings. The van der Waals surface area contributed by atoms with E-state index in [1.165, 1.54) is 12.1 Å². The molecule has 4 nitrogen and oxygen atoms in total. The fraction of sp³-hybridized carbons (Fsp3) is 0. The number of hydrogen-bond donors (Lipinski definition) is 1. The molecule has 2 N–H and O–H groups in total. The normalized spacial score (nSPS) is 11.0. The fourth-order valence-corrected chi connectivity index (χ4v) is 2.38. The summed E-state index contributed by atoms with van der Waals surface area (Å²) in [6.45, 7) is 0. The number of halogens is 2. The molecule has 2 heterocycles. The van der Waals surface area contributed by atoms with E-state index in [0.29, 0.717) is 17.3 Å². The summed E-state index contributed by atoms with van der Waals surface area (Å²) in [6.07, 6.45) is 3.38. The van der Waals surface area contributed by atoms with Gasteiger partial charge in [0.15, 0.2) is 5.65 Å². The second-order valence-corrected chi connectivity index (χ2v) is 4.55. The minimum absolute atomic E-state index is 0.287. The molecule has 0 spiro atoms. The minimum atomic E-state index is -0.287. The highest BCUT2D eigenvalue weighted by atomic mass is 79.9. The maximum absolute atomic E-state index is 12.9. The first kappa shape index (κ1) is 11.2. The molecule has 2 aromatic heterocycles. The third kappa shape index (κ3) is 1.65. The SMILES string of the molecule is Nc1nc(-c2ccc(F)cc2)c(Br)c2nccn12. The lowest BCUT2D eigenvalue weighted by Gasteiger charge is -2.07. The van der Waals surface area contributed by atoms with Crippen LogP contribution in [-0.4, -0.2) is 14.4 Å². The van der Waals surface area contributed by atoms with E-state index in [2.05, 4.69) is 25.9 Å². The van der Waals surface area contributed by atoms with E-state index >= 15 is 0 Å². The maximum Gasteiger partial charge on any atom is 0.206 e. The van der Waals surface area contributed by atoms with Crippen molar-refractivity contribution >= 4 is 27.5 Å². The number of imidazole rings is 1. The van der Waals surface area contributed by atoms with Crippen LogP contribution in [-0.2, 0) is 0 Å². The number of benzene rings is 1. The highest BCUT2D eigenvalue weighted by Crippen LogP contribution is 2.30. The van der Waals surface area contributed by atoms with Gasteiger partial charge in [0, 0.05) is 18.0 Å². The molecule has 0 atom stereocenters. The Bertz CT molecular complexity index is 721. The first-order chi connectivity index (χ1) is 8.66. The number of aromatic nitrogens is 3. The summed E-state index contributed by atoms with van der Waals surface area (Å²) >= 11 is 3.46. The molecule has 6 heteroatoms. The predicted molar refractivity (Wildman–Crippen MR) is 70.5 cm³/mol. The molecule has 0 unspecified atom stereocenters. The first-order valence-electron chi connectivity index (χ1n) is 5.21. The third-order valence-corrected chi connectivity index (χ3v) is 3.37. The van der Waals surface area contributed by atoms with Crippen molar-refractivity contribution in [2.24, 2.45) is 0 Å². The largest absolute Gasteiger partial charge is 0.369 e. The van der Waals surface area contributed by atoms with Gasteiger partial charge in [-0.05, 0) is 40.2 Å². The Balaban J connectivity index is 2.29. The maximum atomic E-state index is 12.9. The van der Waals surface area contributed by atoms with Crippen LogP contribution in [0.2, 0.25) is 0 Å². The molecule has 3 rings (SSSR count). The highest BCUT2D eigenvalue weighted by molar-refractivity contribution is 9.10. The Kier molecular flexibility index (Phi) is 2.52. The Morgan fingerprint density at radius 2 is 1.94 bits per heavy atom. The summed E-state index contributed by atoms with van der Waals surface area (Å²) in [7, 11) is 0. The van der Waals surface area contributed by atoms with Crippen molar-refractivity contribution in [1.82, 2.24) is 14.4 Å². The number of rotatable bonds is 1. The molecule has 0 aliphatic heterocycles. The smallest absolute Gasteiger partial charge is 0.206 e. The molecular weight excluding hydrogens is 299 g/mol. The van der Waals surface area contributed by atoms with Gasteiger partial charge in [-0.3, -0.25) is 4.40 Å². The third-order valence-electron chi connectivity index (χ3n) is 2.64. The molecule has 1 aromatic carbocycles. The van der Waals surface area contributed by atoms with E-state index in [-0.39, 0.29) is 5.82 Å². The van der Waals surface area contributed by atoms with Gasteiger partial charge in [0.2, 0.25) is 5.95 Å². The number of fused-ring (bicyclic) bond motifs is 1. The van der Waals surface area contributed by atoms with Gasteiger partial charge in [-0.15, -0.1) is 0 Å². The van der Waals surface area contributed by atoms with Crippen molar-refractivity contribution in [3.63, 3.8) is 0 Å². The molecule has 0 radical (unpaired) electrons. The van der Waals surface area contributed by atoms with Crippen LogP contribution in [0.4, 0.5) is 10.3 Å². The van der Waals surface area contributed by atoms with Crippen molar-refractivity contribution in [1.29, 1.82) is 0 Å². The monoisotopic (exact) mass is 306 g/mol. The van der Waals surface area contributed by atoms with Gasteiger partial charge in [-0.25, -0.2) is 14.4 Å². The molecule has 0 fully saturated rings. The van der Waals surface area contributed by atoms with E-state index in [1.807, 2.05) is 0 Å². The predicted octanol–water partition coefficient (Wildman–Crippen LogP) is 2.88. The van der Waals surface area contributed by atoms with Crippen LogP contribution in [0.25, 0.3) is 16.9 Å². The number of nitrogen functional groups attached to an aromatic ring is 1. The average Bonchev–Trinajstić information content (AvgIpc) is 2.85. The lowest BCUT2D eigenvalue weighted by Crippen LogP contribution is -2.02. The van der Waals surface area contributed by atoms with Gasteiger partial charge < -0.3 is 5.73 Å². The quantitative estimate of drug-likeness (QED) is 0.752. The van der Waals surface area contributed by atoms with Crippen molar-refractivity contribution in [2.45, 2.75) is 0 Å². The number of nitrogens with two attached hydrogens (primary N) is 1.